The molecule has 1 saturated heterocycles. The van der Waals surface area contributed by atoms with Gasteiger partial charge in [-0.1, -0.05) is 6.58 Å². The number of aryl methyl sites for hydroxylation is 1. The second-order valence-corrected chi connectivity index (χ2v) is 7.13. The molecule has 5 nitrogen and oxygen atoms in total. The molecule has 3 rings (SSSR count). The van der Waals surface area contributed by atoms with E-state index in [1.54, 1.807) is 11.3 Å². The van der Waals surface area contributed by atoms with Crippen molar-refractivity contribution in [3.8, 4) is 0 Å². The average Bonchev–Trinajstić information content (AvgIpc) is 3.23. The van der Waals surface area contributed by atoms with Gasteiger partial charge < -0.3 is 9.64 Å². The van der Waals surface area contributed by atoms with Crippen molar-refractivity contribution in [3.05, 3.63) is 52.5 Å². The Morgan fingerprint density at radius 1 is 1.46 bits per heavy atom. The minimum atomic E-state index is -0.0553. The topological polar surface area (TPSA) is 47.4 Å². The molecule has 2 aromatic rings. The first kappa shape index (κ1) is 16.9. The van der Waals surface area contributed by atoms with E-state index in [-0.39, 0.29) is 5.91 Å². The highest BCUT2D eigenvalue weighted by Crippen LogP contribution is 2.23. The van der Waals surface area contributed by atoms with Gasteiger partial charge in [0.25, 0.3) is 0 Å². The van der Waals surface area contributed by atoms with Gasteiger partial charge in [-0.25, -0.2) is 0 Å². The van der Waals surface area contributed by atoms with Crippen molar-refractivity contribution in [2.75, 3.05) is 13.2 Å². The largest absolute Gasteiger partial charge is 0.381 e. The Balaban J connectivity index is 1.78. The Morgan fingerprint density at radius 2 is 2.25 bits per heavy atom. The number of amides is 1. The van der Waals surface area contributed by atoms with Crippen LogP contribution < -0.4 is 0 Å². The second-order valence-electron chi connectivity index (χ2n) is 6.01. The third-order valence-electron chi connectivity index (χ3n) is 4.46. The number of rotatable bonds is 6. The molecule has 0 radical (unpaired) electrons. The van der Waals surface area contributed by atoms with Crippen LogP contribution in [0.25, 0.3) is 0 Å². The van der Waals surface area contributed by atoms with E-state index in [9.17, 15) is 4.79 Å². The van der Waals surface area contributed by atoms with Crippen LogP contribution in [-0.4, -0.2) is 33.8 Å². The summed E-state index contributed by atoms with van der Waals surface area (Å²) in [5, 5.41) is 6.56. The molecular formula is C18H23N3O2S. The maximum Gasteiger partial charge on any atom is 0.246 e. The van der Waals surface area contributed by atoms with Gasteiger partial charge in [-0.2, -0.15) is 5.10 Å². The summed E-state index contributed by atoms with van der Waals surface area (Å²) in [6.45, 7) is 8.41. The summed E-state index contributed by atoms with van der Waals surface area (Å²) in [7, 11) is 0. The lowest BCUT2D eigenvalue weighted by molar-refractivity contribution is -0.127. The van der Waals surface area contributed by atoms with Crippen molar-refractivity contribution < 1.29 is 9.53 Å². The molecule has 1 fully saturated rings. The van der Waals surface area contributed by atoms with Crippen LogP contribution in [0.4, 0.5) is 0 Å². The zero-order valence-electron chi connectivity index (χ0n) is 14.0. The van der Waals surface area contributed by atoms with Crippen LogP contribution in [0.3, 0.4) is 0 Å². The molecule has 6 heteroatoms. The third kappa shape index (κ3) is 3.76. The highest BCUT2D eigenvalue weighted by molar-refractivity contribution is 7.10. The Labute approximate surface area is 146 Å². The molecule has 0 spiro atoms. The van der Waals surface area contributed by atoms with E-state index in [2.05, 4.69) is 34.7 Å². The molecule has 1 aliphatic rings. The summed E-state index contributed by atoms with van der Waals surface area (Å²) in [4.78, 5) is 15.4. The summed E-state index contributed by atoms with van der Waals surface area (Å²) in [6, 6.07) is 4.44. The lowest BCUT2D eigenvalue weighted by atomic mass is 10.1. The third-order valence-corrected chi connectivity index (χ3v) is 5.34. The standard InChI is InChI=1S/C18H23N3O2S/c1-3-18(22)20(12-15-7-11-24-14(15)2)13-17-4-8-19-21(17)16-5-9-23-10-6-16/h3-4,7-8,11,16H,1,5-6,9-10,12-13H2,2H3. The van der Waals surface area contributed by atoms with Crippen LogP contribution in [0.1, 0.15) is 35.0 Å². The summed E-state index contributed by atoms with van der Waals surface area (Å²) < 4.78 is 7.50. The zero-order chi connectivity index (χ0) is 16.9. The van der Waals surface area contributed by atoms with E-state index in [1.165, 1.54) is 16.5 Å². The zero-order valence-corrected chi connectivity index (χ0v) is 14.8. The van der Waals surface area contributed by atoms with Gasteiger partial charge in [-0.15, -0.1) is 11.3 Å². The monoisotopic (exact) mass is 345 g/mol. The molecule has 2 aromatic heterocycles. The number of aromatic nitrogens is 2. The summed E-state index contributed by atoms with van der Waals surface area (Å²) >= 11 is 1.70. The van der Waals surface area contributed by atoms with Crippen molar-refractivity contribution >= 4 is 17.2 Å². The van der Waals surface area contributed by atoms with Gasteiger partial charge >= 0.3 is 0 Å². The van der Waals surface area contributed by atoms with E-state index < -0.39 is 0 Å². The first-order valence-electron chi connectivity index (χ1n) is 8.23. The number of hydrogen-bond acceptors (Lipinski definition) is 4. The van der Waals surface area contributed by atoms with Crippen LogP contribution in [0.15, 0.2) is 36.4 Å². The van der Waals surface area contributed by atoms with Gasteiger partial charge in [0.05, 0.1) is 18.3 Å². The first-order chi connectivity index (χ1) is 11.7. The normalized spacial score (nSPS) is 15.4. The summed E-state index contributed by atoms with van der Waals surface area (Å²) in [5.41, 5.74) is 2.25. The fourth-order valence-corrected chi connectivity index (χ4v) is 3.76. The van der Waals surface area contributed by atoms with Gasteiger partial charge in [-0.05, 0) is 48.9 Å². The Bertz CT molecular complexity index is 701. The quantitative estimate of drug-likeness (QED) is 0.755. The number of hydrogen-bond donors (Lipinski definition) is 0. The molecule has 0 bridgehead atoms. The molecule has 1 amide bonds. The minimum Gasteiger partial charge on any atom is -0.381 e. The van der Waals surface area contributed by atoms with Crippen molar-refractivity contribution in [2.24, 2.45) is 0 Å². The number of carbonyl (C=O) groups excluding carboxylic acids is 1. The maximum absolute atomic E-state index is 12.3. The van der Waals surface area contributed by atoms with E-state index in [0.717, 1.165) is 31.7 Å². The fraction of sp³-hybridized carbons (Fsp3) is 0.444. The lowest BCUT2D eigenvalue weighted by Gasteiger charge is -2.27. The van der Waals surface area contributed by atoms with Crippen molar-refractivity contribution in [1.29, 1.82) is 0 Å². The molecule has 0 aliphatic carbocycles. The number of ether oxygens (including phenoxy) is 1. The minimum absolute atomic E-state index is 0.0553. The van der Waals surface area contributed by atoms with Gasteiger partial charge in [0.1, 0.15) is 0 Å². The van der Waals surface area contributed by atoms with Crippen molar-refractivity contribution in [3.63, 3.8) is 0 Å². The van der Waals surface area contributed by atoms with Gasteiger partial charge in [0.15, 0.2) is 0 Å². The van der Waals surface area contributed by atoms with E-state index in [4.69, 9.17) is 4.74 Å². The number of nitrogens with zero attached hydrogens (tertiary/aromatic N) is 3. The molecule has 3 heterocycles. The van der Waals surface area contributed by atoms with Crippen LogP contribution >= 0.6 is 11.3 Å². The van der Waals surface area contributed by atoms with Crippen LogP contribution in [0, 0.1) is 6.92 Å². The number of thiophene rings is 1. The van der Waals surface area contributed by atoms with Crippen LogP contribution in [-0.2, 0) is 22.6 Å². The van der Waals surface area contributed by atoms with Gasteiger partial charge in [0.2, 0.25) is 5.91 Å². The molecule has 128 valence electrons. The van der Waals surface area contributed by atoms with Gasteiger partial charge in [0, 0.05) is 30.8 Å². The predicted molar refractivity (Wildman–Crippen MR) is 94.8 cm³/mol. The molecule has 0 unspecified atom stereocenters. The Morgan fingerprint density at radius 3 is 2.92 bits per heavy atom. The molecule has 0 atom stereocenters. The second kappa shape index (κ2) is 7.77. The Kier molecular flexibility index (Phi) is 5.48. The molecular weight excluding hydrogens is 322 g/mol. The smallest absolute Gasteiger partial charge is 0.246 e. The maximum atomic E-state index is 12.3. The van der Waals surface area contributed by atoms with E-state index in [0.29, 0.717) is 19.1 Å². The Hall–Kier alpha value is -1.92. The van der Waals surface area contributed by atoms with Gasteiger partial charge in [-0.3, -0.25) is 9.48 Å². The highest BCUT2D eigenvalue weighted by Gasteiger charge is 2.21. The van der Waals surface area contributed by atoms with Crippen LogP contribution in [0.5, 0.6) is 0 Å². The summed E-state index contributed by atoms with van der Waals surface area (Å²) in [5.74, 6) is -0.0553. The summed E-state index contributed by atoms with van der Waals surface area (Å²) in [6.07, 6.45) is 5.13. The van der Waals surface area contributed by atoms with Crippen molar-refractivity contribution in [1.82, 2.24) is 14.7 Å². The predicted octanol–water partition coefficient (Wildman–Crippen LogP) is 3.32. The van der Waals surface area contributed by atoms with Crippen molar-refractivity contribution in [2.45, 2.75) is 38.9 Å². The van der Waals surface area contributed by atoms with E-state index in [1.807, 2.05) is 17.2 Å². The average molecular weight is 345 g/mol. The molecule has 0 aromatic carbocycles. The van der Waals surface area contributed by atoms with Crippen LogP contribution in [0.2, 0.25) is 0 Å². The SMILES string of the molecule is C=CC(=O)N(Cc1ccsc1C)Cc1ccnn1C1CCOCC1. The van der Waals surface area contributed by atoms with E-state index >= 15 is 0 Å². The molecule has 0 saturated carbocycles. The fourth-order valence-electron chi connectivity index (χ4n) is 3.04. The lowest BCUT2D eigenvalue weighted by Crippen LogP contribution is -2.31. The molecule has 1 aliphatic heterocycles. The number of carbonyl (C=O) groups is 1. The first-order valence-corrected chi connectivity index (χ1v) is 9.11. The molecule has 0 N–H and O–H groups in total. The molecule has 24 heavy (non-hydrogen) atoms. The highest BCUT2D eigenvalue weighted by atomic mass is 32.1.